The van der Waals surface area contributed by atoms with Gasteiger partial charge in [-0.15, -0.1) is 0 Å². The number of azide groups is 1. The van der Waals surface area contributed by atoms with Crippen molar-refractivity contribution in [2.24, 2.45) is 5.11 Å². The Balaban J connectivity index is 1.55. The lowest BCUT2D eigenvalue weighted by atomic mass is 10.1. The minimum absolute atomic E-state index is 0.0265. The van der Waals surface area contributed by atoms with Crippen molar-refractivity contribution in [2.45, 2.75) is 36.9 Å². The SMILES string of the molecule is [N-]=[N+]=NC(O[C@H]1[C@@H]2O[C@@H]2[C@@H]2OC[C@H]1O2)c1ccccc1. The summed E-state index contributed by atoms with van der Waals surface area (Å²) in [4.78, 5) is 2.86. The minimum atomic E-state index is -0.684. The van der Waals surface area contributed by atoms with Crippen LogP contribution in [-0.4, -0.2) is 37.3 Å². The number of nitrogens with zero attached hydrogens (tertiary/aromatic N) is 3. The summed E-state index contributed by atoms with van der Waals surface area (Å²) in [5.41, 5.74) is 9.54. The summed E-state index contributed by atoms with van der Waals surface area (Å²) in [6, 6.07) is 9.38. The van der Waals surface area contributed by atoms with Gasteiger partial charge < -0.3 is 18.9 Å². The molecule has 0 aromatic heterocycles. The van der Waals surface area contributed by atoms with E-state index in [9.17, 15) is 0 Å². The summed E-state index contributed by atoms with van der Waals surface area (Å²) in [6.45, 7) is 0.490. The Hall–Kier alpha value is -1.63. The second-order valence-corrected chi connectivity index (χ2v) is 5.01. The molecule has 0 saturated carbocycles. The number of hydrogen-bond donors (Lipinski definition) is 0. The second-order valence-electron chi connectivity index (χ2n) is 5.01. The van der Waals surface area contributed by atoms with Crippen LogP contribution >= 0.6 is 0 Å². The van der Waals surface area contributed by atoms with Crippen LogP contribution in [0.25, 0.3) is 10.4 Å². The molecule has 7 heteroatoms. The zero-order chi connectivity index (χ0) is 13.5. The van der Waals surface area contributed by atoms with Gasteiger partial charge >= 0.3 is 0 Å². The van der Waals surface area contributed by atoms with E-state index in [2.05, 4.69) is 10.0 Å². The summed E-state index contributed by atoms with van der Waals surface area (Å²) >= 11 is 0. The number of ether oxygens (including phenoxy) is 4. The largest absolute Gasteiger partial charge is 0.361 e. The lowest BCUT2D eigenvalue weighted by molar-refractivity contribution is -0.133. The molecular formula is C13H13N3O4. The van der Waals surface area contributed by atoms with Gasteiger partial charge in [-0.3, -0.25) is 0 Å². The third-order valence-electron chi connectivity index (χ3n) is 3.78. The monoisotopic (exact) mass is 275 g/mol. The van der Waals surface area contributed by atoms with E-state index in [1.165, 1.54) is 0 Å². The summed E-state index contributed by atoms with van der Waals surface area (Å²) in [5, 5.41) is 3.73. The third kappa shape index (κ3) is 1.96. The van der Waals surface area contributed by atoms with Crippen LogP contribution in [0.4, 0.5) is 0 Å². The van der Waals surface area contributed by atoms with Crippen molar-refractivity contribution in [1.29, 1.82) is 0 Å². The number of epoxide rings is 1. The highest BCUT2D eigenvalue weighted by Gasteiger charge is 2.62. The van der Waals surface area contributed by atoms with Gasteiger partial charge in [-0.1, -0.05) is 35.4 Å². The van der Waals surface area contributed by atoms with Gasteiger partial charge in [0.25, 0.3) is 0 Å². The molecule has 0 N–H and O–H groups in total. The van der Waals surface area contributed by atoms with Crippen LogP contribution in [0.2, 0.25) is 0 Å². The minimum Gasteiger partial charge on any atom is -0.361 e. The second kappa shape index (κ2) is 4.73. The van der Waals surface area contributed by atoms with Crippen LogP contribution in [0.15, 0.2) is 35.4 Å². The van der Waals surface area contributed by atoms with Crippen LogP contribution in [-0.2, 0) is 18.9 Å². The molecule has 3 saturated heterocycles. The molecule has 3 aliphatic rings. The van der Waals surface area contributed by atoms with Gasteiger partial charge in [0, 0.05) is 4.91 Å². The lowest BCUT2D eigenvalue weighted by Crippen LogP contribution is -2.42. The van der Waals surface area contributed by atoms with Crippen molar-refractivity contribution in [1.82, 2.24) is 0 Å². The first kappa shape index (κ1) is 12.1. The Bertz CT molecular complexity index is 548. The van der Waals surface area contributed by atoms with Gasteiger partial charge in [-0.05, 0) is 11.1 Å². The summed E-state index contributed by atoms with van der Waals surface area (Å²) in [5.74, 6) is 0. The van der Waals surface area contributed by atoms with Gasteiger partial charge in [-0.2, -0.15) is 0 Å². The Morgan fingerprint density at radius 3 is 2.90 bits per heavy atom. The van der Waals surface area contributed by atoms with E-state index in [-0.39, 0.29) is 30.7 Å². The maximum atomic E-state index is 8.73. The average Bonchev–Trinajstić information content (AvgIpc) is 3.17. The highest BCUT2D eigenvalue weighted by atomic mass is 16.8. The molecule has 0 radical (unpaired) electrons. The average molecular weight is 275 g/mol. The standard InChI is InChI=1S/C13H13N3O4/c14-16-15-12(7-4-2-1-3-5-7)20-9-8-6-17-13(18-8)11-10(9)19-11/h1-5,8-13H,6H2/t8-,9-,10+,11+,12?,13-/m1/s1. The van der Waals surface area contributed by atoms with Crippen molar-refractivity contribution in [2.75, 3.05) is 6.61 Å². The fraction of sp³-hybridized carbons (Fsp3) is 0.538. The van der Waals surface area contributed by atoms with Crippen LogP contribution in [0, 0.1) is 0 Å². The number of hydrogen-bond acceptors (Lipinski definition) is 5. The highest BCUT2D eigenvalue weighted by molar-refractivity contribution is 5.17. The van der Waals surface area contributed by atoms with Crippen LogP contribution in [0.5, 0.6) is 0 Å². The Labute approximate surface area is 115 Å². The van der Waals surface area contributed by atoms with Gasteiger partial charge in [0.05, 0.1) is 6.61 Å². The van der Waals surface area contributed by atoms with Gasteiger partial charge in [-0.25, -0.2) is 0 Å². The lowest BCUT2D eigenvalue weighted by Gasteiger charge is -2.27. The first-order chi connectivity index (χ1) is 9.86. The van der Waals surface area contributed by atoms with Crippen molar-refractivity contribution in [3.63, 3.8) is 0 Å². The van der Waals surface area contributed by atoms with E-state index in [1.54, 1.807) is 0 Å². The molecule has 0 aliphatic carbocycles. The van der Waals surface area contributed by atoms with Crippen molar-refractivity contribution >= 4 is 0 Å². The molecule has 20 heavy (non-hydrogen) atoms. The van der Waals surface area contributed by atoms with Crippen LogP contribution in [0.1, 0.15) is 11.8 Å². The van der Waals surface area contributed by atoms with E-state index in [1.807, 2.05) is 30.3 Å². The molecule has 104 valence electrons. The fourth-order valence-corrected chi connectivity index (χ4v) is 2.77. The molecule has 4 rings (SSSR count). The van der Waals surface area contributed by atoms with Gasteiger partial charge in [0.1, 0.15) is 24.4 Å². The Morgan fingerprint density at radius 1 is 1.25 bits per heavy atom. The molecule has 1 aromatic rings. The smallest absolute Gasteiger partial charge is 0.187 e. The molecular weight excluding hydrogens is 262 g/mol. The van der Waals surface area contributed by atoms with E-state index in [0.717, 1.165) is 5.56 Å². The van der Waals surface area contributed by atoms with Crippen LogP contribution in [0.3, 0.4) is 0 Å². The molecule has 3 aliphatic heterocycles. The number of rotatable bonds is 4. The molecule has 1 aromatic carbocycles. The fourth-order valence-electron chi connectivity index (χ4n) is 2.77. The summed E-state index contributed by atoms with van der Waals surface area (Å²) in [6.07, 6.45) is -1.46. The maximum absolute atomic E-state index is 8.73. The molecule has 0 spiro atoms. The normalized spacial score (nSPS) is 38.7. The molecule has 3 fully saturated rings. The first-order valence-corrected chi connectivity index (χ1v) is 6.54. The zero-order valence-electron chi connectivity index (χ0n) is 10.5. The van der Waals surface area contributed by atoms with E-state index in [4.69, 9.17) is 24.5 Å². The number of fused-ring (bicyclic) bond motifs is 4. The number of benzene rings is 1. The predicted octanol–water partition coefficient (Wildman–Crippen LogP) is 1.90. The third-order valence-corrected chi connectivity index (χ3v) is 3.78. The molecule has 7 nitrogen and oxygen atoms in total. The predicted molar refractivity (Wildman–Crippen MR) is 66.5 cm³/mol. The van der Waals surface area contributed by atoms with Gasteiger partial charge in [0.2, 0.25) is 0 Å². The maximum Gasteiger partial charge on any atom is 0.187 e. The topological polar surface area (TPSA) is 89.0 Å². The van der Waals surface area contributed by atoms with Crippen molar-refractivity contribution < 1.29 is 18.9 Å². The summed E-state index contributed by atoms with van der Waals surface area (Å²) in [7, 11) is 0. The van der Waals surface area contributed by atoms with Crippen molar-refractivity contribution in [3.8, 4) is 0 Å². The van der Waals surface area contributed by atoms with Crippen LogP contribution < -0.4 is 0 Å². The molecule has 6 atom stereocenters. The first-order valence-electron chi connectivity index (χ1n) is 6.54. The Morgan fingerprint density at radius 2 is 2.10 bits per heavy atom. The van der Waals surface area contributed by atoms with E-state index in [0.29, 0.717) is 6.61 Å². The highest BCUT2D eigenvalue weighted by Crippen LogP contribution is 2.44. The molecule has 3 heterocycles. The zero-order valence-corrected chi connectivity index (χ0v) is 10.5. The van der Waals surface area contributed by atoms with E-state index >= 15 is 0 Å². The summed E-state index contributed by atoms with van der Waals surface area (Å²) < 4.78 is 22.6. The molecule has 1 unspecified atom stereocenters. The van der Waals surface area contributed by atoms with E-state index < -0.39 is 6.23 Å². The van der Waals surface area contributed by atoms with Gasteiger partial charge in [0.15, 0.2) is 12.5 Å². The molecule has 0 amide bonds. The Kier molecular flexibility index (Phi) is 2.87. The molecule has 2 bridgehead atoms. The quantitative estimate of drug-likeness (QED) is 0.363. The van der Waals surface area contributed by atoms with Crippen molar-refractivity contribution in [3.05, 3.63) is 46.3 Å².